The fraction of sp³-hybridized carbons (Fsp3) is 0.588. The van der Waals surface area contributed by atoms with Gasteiger partial charge in [0.15, 0.2) is 0 Å². The van der Waals surface area contributed by atoms with Crippen LogP contribution in [0.3, 0.4) is 0 Å². The Hall–Kier alpha value is -1.55. The van der Waals surface area contributed by atoms with Crippen molar-refractivity contribution < 1.29 is 9.53 Å². The molecule has 0 saturated carbocycles. The fourth-order valence-corrected chi connectivity index (χ4v) is 2.82. The quantitative estimate of drug-likeness (QED) is 0.874. The van der Waals surface area contributed by atoms with Gasteiger partial charge >= 0.3 is 0 Å². The minimum Gasteiger partial charge on any atom is -0.493 e. The van der Waals surface area contributed by atoms with Crippen molar-refractivity contribution in [3.63, 3.8) is 0 Å². The Kier molecular flexibility index (Phi) is 5.62. The Morgan fingerprint density at radius 2 is 2.19 bits per heavy atom. The summed E-state index contributed by atoms with van der Waals surface area (Å²) in [5, 5.41) is 3.16. The van der Waals surface area contributed by atoms with Crippen LogP contribution in [0, 0.1) is 13.8 Å². The maximum Gasteiger partial charge on any atom is 0.226 e. The zero-order valence-corrected chi connectivity index (χ0v) is 13.3. The van der Waals surface area contributed by atoms with Gasteiger partial charge in [0.05, 0.1) is 13.0 Å². The van der Waals surface area contributed by atoms with Gasteiger partial charge in [-0.15, -0.1) is 0 Å². The van der Waals surface area contributed by atoms with E-state index in [2.05, 4.69) is 25.2 Å². The molecule has 1 atom stereocenters. The SMILES string of the molecule is CNC[C@H]1CCCN1C(=O)CCOc1ccc(C)c(C)c1. The van der Waals surface area contributed by atoms with E-state index in [4.69, 9.17) is 4.74 Å². The molecule has 0 bridgehead atoms. The van der Waals surface area contributed by atoms with Crippen LogP contribution in [-0.2, 0) is 4.79 Å². The van der Waals surface area contributed by atoms with E-state index >= 15 is 0 Å². The lowest BCUT2D eigenvalue weighted by molar-refractivity contribution is -0.132. The van der Waals surface area contributed by atoms with Crippen molar-refractivity contribution in [1.82, 2.24) is 10.2 Å². The summed E-state index contributed by atoms with van der Waals surface area (Å²) in [5.74, 6) is 1.05. The summed E-state index contributed by atoms with van der Waals surface area (Å²) in [6.45, 7) is 6.36. The number of hydrogen-bond donors (Lipinski definition) is 1. The molecular formula is C17H26N2O2. The number of nitrogens with zero attached hydrogens (tertiary/aromatic N) is 1. The van der Waals surface area contributed by atoms with Gasteiger partial charge < -0.3 is 15.0 Å². The van der Waals surface area contributed by atoms with Crippen molar-refractivity contribution >= 4 is 5.91 Å². The van der Waals surface area contributed by atoms with Crippen molar-refractivity contribution in [3.05, 3.63) is 29.3 Å². The van der Waals surface area contributed by atoms with Gasteiger partial charge in [-0.3, -0.25) is 4.79 Å². The number of amides is 1. The standard InChI is InChI=1S/C17H26N2O2/c1-13-6-7-16(11-14(13)2)21-10-8-17(20)19-9-4-5-15(19)12-18-3/h6-7,11,15,18H,4-5,8-10,12H2,1-3H3/t15-/m1/s1. The number of likely N-dealkylation sites (tertiary alicyclic amines) is 1. The first-order valence-electron chi connectivity index (χ1n) is 7.76. The van der Waals surface area contributed by atoms with Crippen LogP contribution >= 0.6 is 0 Å². The van der Waals surface area contributed by atoms with Gasteiger partial charge in [0.1, 0.15) is 5.75 Å². The molecule has 4 nitrogen and oxygen atoms in total. The van der Waals surface area contributed by atoms with Crippen LogP contribution in [0.25, 0.3) is 0 Å². The first-order chi connectivity index (χ1) is 10.1. The molecule has 0 aliphatic carbocycles. The number of carbonyl (C=O) groups excluding carboxylic acids is 1. The average molecular weight is 290 g/mol. The molecule has 4 heteroatoms. The summed E-state index contributed by atoms with van der Waals surface area (Å²) in [5.41, 5.74) is 2.47. The molecule has 0 unspecified atom stereocenters. The normalized spacial score (nSPS) is 18.0. The third-order valence-electron chi connectivity index (χ3n) is 4.20. The largest absolute Gasteiger partial charge is 0.493 e. The second-order valence-electron chi connectivity index (χ2n) is 5.79. The highest BCUT2D eigenvalue weighted by atomic mass is 16.5. The minimum atomic E-state index is 0.205. The lowest BCUT2D eigenvalue weighted by atomic mass is 10.1. The molecule has 1 aliphatic rings. The molecule has 1 fully saturated rings. The third-order valence-corrected chi connectivity index (χ3v) is 4.20. The second-order valence-corrected chi connectivity index (χ2v) is 5.79. The molecule has 0 radical (unpaired) electrons. The Bertz CT molecular complexity index is 488. The average Bonchev–Trinajstić information content (AvgIpc) is 2.91. The fourth-order valence-electron chi connectivity index (χ4n) is 2.82. The summed E-state index contributed by atoms with van der Waals surface area (Å²) in [6, 6.07) is 6.39. The molecule has 1 aliphatic heterocycles. The molecule has 1 amide bonds. The van der Waals surface area contributed by atoms with E-state index < -0.39 is 0 Å². The molecule has 1 N–H and O–H groups in total. The number of likely N-dealkylation sites (N-methyl/N-ethyl adjacent to an activating group) is 1. The maximum absolute atomic E-state index is 12.3. The van der Waals surface area contributed by atoms with Gasteiger partial charge in [0.25, 0.3) is 0 Å². The molecule has 1 aromatic carbocycles. The summed E-state index contributed by atoms with van der Waals surface area (Å²) >= 11 is 0. The molecule has 0 aromatic heterocycles. The number of benzene rings is 1. The van der Waals surface area contributed by atoms with Crippen LogP contribution in [-0.4, -0.2) is 43.6 Å². The van der Waals surface area contributed by atoms with Crippen LogP contribution in [0.5, 0.6) is 5.75 Å². The van der Waals surface area contributed by atoms with E-state index in [1.54, 1.807) is 0 Å². The summed E-state index contributed by atoms with van der Waals surface area (Å²) in [6.07, 6.45) is 2.66. The highest BCUT2D eigenvalue weighted by molar-refractivity contribution is 5.77. The number of rotatable bonds is 6. The molecule has 1 saturated heterocycles. The lowest BCUT2D eigenvalue weighted by Crippen LogP contribution is -2.41. The first-order valence-corrected chi connectivity index (χ1v) is 7.76. The highest BCUT2D eigenvalue weighted by Crippen LogP contribution is 2.19. The summed E-state index contributed by atoms with van der Waals surface area (Å²) in [4.78, 5) is 14.3. The Morgan fingerprint density at radius 1 is 1.38 bits per heavy atom. The van der Waals surface area contributed by atoms with Crippen LogP contribution in [0.15, 0.2) is 18.2 Å². The number of carbonyl (C=O) groups is 1. The second kappa shape index (κ2) is 7.46. The van der Waals surface area contributed by atoms with E-state index in [-0.39, 0.29) is 5.91 Å². The smallest absolute Gasteiger partial charge is 0.226 e. The van der Waals surface area contributed by atoms with E-state index in [0.29, 0.717) is 19.1 Å². The zero-order chi connectivity index (χ0) is 15.2. The van der Waals surface area contributed by atoms with Gasteiger partial charge in [0, 0.05) is 19.1 Å². The van der Waals surface area contributed by atoms with Gasteiger partial charge in [-0.2, -0.15) is 0 Å². The van der Waals surface area contributed by atoms with Gasteiger partial charge in [-0.05, 0) is 57.0 Å². The minimum absolute atomic E-state index is 0.205. The van der Waals surface area contributed by atoms with Gasteiger partial charge in [0.2, 0.25) is 5.91 Å². The third kappa shape index (κ3) is 4.21. The molecule has 0 spiro atoms. The monoisotopic (exact) mass is 290 g/mol. The maximum atomic E-state index is 12.3. The van der Waals surface area contributed by atoms with Crippen molar-refractivity contribution in [3.8, 4) is 5.75 Å². The topological polar surface area (TPSA) is 41.6 Å². The molecule has 2 rings (SSSR count). The van der Waals surface area contributed by atoms with Crippen LogP contribution in [0.2, 0.25) is 0 Å². The molecule has 1 aromatic rings. The van der Waals surface area contributed by atoms with Gasteiger partial charge in [-0.25, -0.2) is 0 Å². The number of hydrogen-bond acceptors (Lipinski definition) is 3. The van der Waals surface area contributed by atoms with Crippen molar-refractivity contribution in [1.29, 1.82) is 0 Å². The highest BCUT2D eigenvalue weighted by Gasteiger charge is 2.27. The van der Waals surface area contributed by atoms with Crippen molar-refractivity contribution in [2.24, 2.45) is 0 Å². The van der Waals surface area contributed by atoms with E-state index in [1.165, 1.54) is 11.1 Å². The number of ether oxygens (including phenoxy) is 1. The van der Waals surface area contributed by atoms with Crippen LogP contribution < -0.4 is 10.1 Å². The van der Waals surface area contributed by atoms with Crippen molar-refractivity contribution in [2.75, 3.05) is 26.7 Å². The zero-order valence-electron chi connectivity index (χ0n) is 13.3. The Morgan fingerprint density at radius 3 is 2.90 bits per heavy atom. The number of nitrogens with one attached hydrogen (secondary N) is 1. The van der Waals surface area contributed by atoms with Crippen LogP contribution in [0.1, 0.15) is 30.4 Å². The molecule has 21 heavy (non-hydrogen) atoms. The Labute approximate surface area is 127 Å². The molecule has 1 heterocycles. The predicted molar refractivity (Wildman–Crippen MR) is 84.7 cm³/mol. The lowest BCUT2D eigenvalue weighted by Gasteiger charge is -2.24. The first kappa shape index (κ1) is 15.8. The molecular weight excluding hydrogens is 264 g/mol. The van der Waals surface area contributed by atoms with Crippen LogP contribution in [0.4, 0.5) is 0 Å². The van der Waals surface area contributed by atoms with E-state index in [0.717, 1.165) is 31.7 Å². The Balaban J connectivity index is 1.79. The summed E-state index contributed by atoms with van der Waals surface area (Å²) < 4.78 is 5.70. The van der Waals surface area contributed by atoms with Crippen molar-refractivity contribution in [2.45, 2.75) is 39.2 Å². The van der Waals surface area contributed by atoms with E-state index in [1.807, 2.05) is 24.1 Å². The molecule has 116 valence electrons. The van der Waals surface area contributed by atoms with E-state index in [9.17, 15) is 4.79 Å². The van der Waals surface area contributed by atoms with Gasteiger partial charge in [-0.1, -0.05) is 6.07 Å². The number of aryl methyl sites for hydroxylation is 2. The summed E-state index contributed by atoms with van der Waals surface area (Å²) in [7, 11) is 1.93. The predicted octanol–water partition coefficient (Wildman–Crippen LogP) is 2.28.